The zero-order valence-electron chi connectivity index (χ0n) is 13.8. The first-order chi connectivity index (χ1) is 11.2. The lowest BCUT2D eigenvalue weighted by atomic mass is 10.4. The second kappa shape index (κ2) is 13.2. The quantitative estimate of drug-likeness (QED) is 0.296. The molecule has 0 aromatic carbocycles. The lowest BCUT2D eigenvalue weighted by molar-refractivity contribution is -0.125. The lowest BCUT2D eigenvalue weighted by Crippen LogP contribution is -2.45. The zero-order chi connectivity index (χ0) is 16.8. The first-order valence-corrected chi connectivity index (χ1v) is 8.30. The largest absolute Gasteiger partial charge is 0.353 e. The summed E-state index contributed by atoms with van der Waals surface area (Å²) < 4.78 is 0. The number of rotatable bonds is 6. The maximum absolute atomic E-state index is 11.6. The lowest BCUT2D eigenvalue weighted by Gasteiger charge is -2.23. The van der Waals surface area contributed by atoms with Crippen LogP contribution in [0.1, 0.15) is 0 Å². The minimum atomic E-state index is -0.324. The standard InChI is InChI=1S/C14H31N7O2/c15-11-13(22)20-12-14(23)19-7-10-21-8-5-17-3-1-16-2-4-18-6-9-21/h16-18H,1-12,15H2,(H,19,23)(H,20,22). The Morgan fingerprint density at radius 2 is 1.43 bits per heavy atom. The third kappa shape index (κ3) is 11.0. The van der Waals surface area contributed by atoms with Crippen molar-refractivity contribution in [3.8, 4) is 0 Å². The van der Waals surface area contributed by atoms with Gasteiger partial charge in [0.05, 0.1) is 13.1 Å². The molecule has 9 heteroatoms. The molecule has 0 aliphatic carbocycles. The van der Waals surface area contributed by atoms with Gasteiger partial charge in [-0.25, -0.2) is 0 Å². The molecule has 134 valence electrons. The molecule has 0 aromatic rings. The highest BCUT2D eigenvalue weighted by molar-refractivity contribution is 5.85. The summed E-state index contributed by atoms with van der Waals surface area (Å²) >= 11 is 0. The average Bonchev–Trinajstić information content (AvgIpc) is 2.54. The van der Waals surface area contributed by atoms with Crippen LogP contribution in [-0.2, 0) is 9.59 Å². The summed E-state index contributed by atoms with van der Waals surface area (Å²) in [6.45, 7) is 8.88. The van der Waals surface area contributed by atoms with Gasteiger partial charge in [-0.1, -0.05) is 0 Å². The highest BCUT2D eigenvalue weighted by atomic mass is 16.2. The number of nitrogens with two attached hydrogens (primary N) is 1. The Bertz CT molecular complexity index is 329. The van der Waals surface area contributed by atoms with E-state index in [-0.39, 0.29) is 24.9 Å². The number of carbonyl (C=O) groups is 2. The molecule has 0 bridgehead atoms. The fraction of sp³-hybridized carbons (Fsp3) is 0.857. The second-order valence-corrected chi connectivity index (χ2v) is 5.42. The van der Waals surface area contributed by atoms with Gasteiger partial charge in [0.25, 0.3) is 0 Å². The molecule has 2 amide bonds. The molecule has 1 rings (SSSR count). The third-order valence-electron chi connectivity index (χ3n) is 3.55. The van der Waals surface area contributed by atoms with Crippen molar-refractivity contribution in [1.29, 1.82) is 0 Å². The monoisotopic (exact) mass is 329 g/mol. The minimum absolute atomic E-state index is 0.0217. The van der Waals surface area contributed by atoms with Crippen molar-refractivity contribution >= 4 is 11.8 Å². The van der Waals surface area contributed by atoms with Crippen LogP contribution in [-0.4, -0.2) is 95.3 Å². The molecule has 0 unspecified atom stereocenters. The number of hydrogen-bond acceptors (Lipinski definition) is 7. The maximum Gasteiger partial charge on any atom is 0.239 e. The molecule has 1 fully saturated rings. The SMILES string of the molecule is NCC(=O)NCC(=O)NCCN1CCNCCNCCNCC1. The summed E-state index contributed by atoms with van der Waals surface area (Å²) in [5, 5.41) is 15.4. The van der Waals surface area contributed by atoms with E-state index in [9.17, 15) is 9.59 Å². The normalized spacial score (nSPS) is 18.5. The summed E-state index contributed by atoms with van der Waals surface area (Å²) in [6, 6.07) is 0. The van der Waals surface area contributed by atoms with Gasteiger partial charge >= 0.3 is 0 Å². The highest BCUT2D eigenvalue weighted by Gasteiger charge is 2.07. The van der Waals surface area contributed by atoms with Crippen molar-refractivity contribution in [1.82, 2.24) is 31.5 Å². The van der Waals surface area contributed by atoms with Crippen LogP contribution in [0, 0.1) is 0 Å². The van der Waals surface area contributed by atoms with Gasteiger partial charge in [0.15, 0.2) is 0 Å². The molecule has 1 aliphatic heterocycles. The molecular weight excluding hydrogens is 298 g/mol. The van der Waals surface area contributed by atoms with E-state index in [1.807, 2.05) is 0 Å². The van der Waals surface area contributed by atoms with E-state index in [0.29, 0.717) is 6.54 Å². The zero-order valence-corrected chi connectivity index (χ0v) is 13.8. The molecule has 1 heterocycles. The van der Waals surface area contributed by atoms with Gasteiger partial charge in [-0.2, -0.15) is 0 Å². The summed E-state index contributed by atoms with van der Waals surface area (Å²) in [4.78, 5) is 24.9. The number of carbonyl (C=O) groups excluding carboxylic acids is 2. The third-order valence-corrected chi connectivity index (χ3v) is 3.55. The highest BCUT2D eigenvalue weighted by Crippen LogP contribution is 1.86. The Morgan fingerprint density at radius 1 is 0.870 bits per heavy atom. The van der Waals surface area contributed by atoms with Gasteiger partial charge in [0.1, 0.15) is 0 Å². The topological polar surface area (TPSA) is 124 Å². The Morgan fingerprint density at radius 3 is 2.00 bits per heavy atom. The van der Waals surface area contributed by atoms with Crippen LogP contribution in [0.25, 0.3) is 0 Å². The number of nitrogens with zero attached hydrogens (tertiary/aromatic N) is 1. The van der Waals surface area contributed by atoms with Crippen molar-refractivity contribution < 1.29 is 9.59 Å². The predicted molar refractivity (Wildman–Crippen MR) is 90.1 cm³/mol. The van der Waals surface area contributed by atoms with Crippen molar-refractivity contribution in [2.75, 3.05) is 78.5 Å². The average molecular weight is 329 g/mol. The van der Waals surface area contributed by atoms with E-state index in [1.165, 1.54) is 0 Å². The van der Waals surface area contributed by atoms with Gasteiger partial charge < -0.3 is 32.3 Å². The van der Waals surface area contributed by atoms with Crippen molar-refractivity contribution in [3.63, 3.8) is 0 Å². The van der Waals surface area contributed by atoms with E-state index in [1.54, 1.807) is 0 Å². The van der Waals surface area contributed by atoms with E-state index >= 15 is 0 Å². The molecule has 0 atom stereocenters. The maximum atomic E-state index is 11.6. The minimum Gasteiger partial charge on any atom is -0.353 e. The molecule has 0 spiro atoms. The molecule has 0 radical (unpaired) electrons. The summed E-state index contributed by atoms with van der Waals surface area (Å²) in [7, 11) is 0. The van der Waals surface area contributed by atoms with E-state index in [2.05, 4.69) is 31.5 Å². The fourth-order valence-electron chi connectivity index (χ4n) is 2.21. The smallest absolute Gasteiger partial charge is 0.239 e. The Kier molecular flexibility index (Phi) is 11.4. The van der Waals surface area contributed by atoms with E-state index in [4.69, 9.17) is 5.73 Å². The molecule has 23 heavy (non-hydrogen) atoms. The molecular formula is C14H31N7O2. The van der Waals surface area contributed by atoms with Crippen LogP contribution in [0.4, 0.5) is 0 Å². The summed E-state index contributed by atoms with van der Waals surface area (Å²) in [5.74, 6) is -0.515. The van der Waals surface area contributed by atoms with Crippen LogP contribution in [0.5, 0.6) is 0 Å². The number of hydrogen-bond donors (Lipinski definition) is 6. The predicted octanol–water partition coefficient (Wildman–Crippen LogP) is -3.74. The number of nitrogens with one attached hydrogen (secondary N) is 5. The van der Waals surface area contributed by atoms with Crippen LogP contribution in [0.2, 0.25) is 0 Å². The first kappa shape index (κ1) is 19.8. The van der Waals surface area contributed by atoms with Crippen LogP contribution in [0.15, 0.2) is 0 Å². The fourth-order valence-corrected chi connectivity index (χ4v) is 2.21. The van der Waals surface area contributed by atoms with Gasteiger partial charge in [-0.3, -0.25) is 14.5 Å². The van der Waals surface area contributed by atoms with Crippen molar-refractivity contribution in [2.45, 2.75) is 0 Å². The van der Waals surface area contributed by atoms with E-state index < -0.39 is 0 Å². The Hall–Kier alpha value is -1.26. The Balaban J connectivity index is 2.18. The molecule has 9 nitrogen and oxygen atoms in total. The van der Waals surface area contributed by atoms with Crippen LogP contribution in [0.3, 0.4) is 0 Å². The molecule has 1 saturated heterocycles. The molecule has 7 N–H and O–H groups in total. The second-order valence-electron chi connectivity index (χ2n) is 5.42. The Labute approximate surface area is 138 Å². The number of amides is 2. The van der Waals surface area contributed by atoms with Gasteiger partial charge in [-0.15, -0.1) is 0 Å². The molecule has 0 saturated carbocycles. The van der Waals surface area contributed by atoms with Gasteiger partial charge in [-0.05, 0) is 0 Å². The van der Waals surface area contributed by atoms with Crippen LogP contribution < -0.4 is 32.3 Å². The summed E-state index contributed by atoms with van der Waals surface area (Å²) in [6.07, 6.45) is 0. The van der Waals surface area contributed by atoms with Crippen LogP contribution >= 0.6 is 0 Å². The molecule has 1 aliphatic rings. The van der Waals surface area contributed by atoms with Gasteiger partial charge in [0.2, 0.25) is 11.8 Å². The molecule has 0 aromatic heterocycles. The summed E-state index contributed by atoms with van der Waals surface area (Å²) in [5.41, 5.74) is 5.16. The van der Waals surface area contributed by atoms with Crippen molar-refractivity contribution in [3.05, 3.63) is 0 Å². The first-order valence-electron chi connectivity index (χ1n) is 8.30. The van der Waals surface area contributed by atoms with Gasteiger partial charge in [0, 0.05) is 65.4 Å². The van der Waals surface area contributed by atoms with Crippen molar-refractivity contribution in [2.24, 2.45) is 5.73 Å². The van der Waals surface area contributed by atoms with E-state index in [0.717, 1.165) is 58.9 Å².